The molecule has 158 valence electrons. The molecule has 3 N–H and O–H groups in total. The normalized spacial score (nSPS) is 11.6. The number of nitrogens with one attached hydrogen (secondary N) is 1. The molecule has 0 spiro atoms. The SMILES string of the molecule is NC(=O)[C@H](Cc1ccc(C(=O)c2ccccc2)cc1)NC(=O)c1ccc2ccccc2n1. The number of ketones is 1. The van der Waals surface area contributed by atoms with Crippen molar-refractivity contribution in [1.29, 1.82) is 0 Å². The summed E-state index contributed by atoms with van der Waals surface area (Å²) in [4.78, 5) is 41.5. The molecule has 6 heteroatoms. The van der Waals surface area contributed by atoms with E-state index in [-0.39, 0.29) is 17.9 Å². The number of benzene rings is 3. The van der Waals surface area contributed by atoms with Gasteiger partial charge in [0, 0.05) is 22.9 Å². The quantitative estimate of drug-likeness (QED) is 0.445. The van der Waals surface area contributed by atoms with Gasteiger partial charge in [0.05, 0.1) is 5.52 Å². The number of para-hydroxylation sites is 1. The first kappa shape index (κ1) is 20.9. The van der Waals surface area contributed by atoms with Crippen molar-refractivity contribution in [2.75, 3.05) is 0 Å². The van der Waals surface area contributed by atoms with Crippen molar-refractivity contribution in [1.82, 2.24) is 10.3 Å². The van der Waals surface area contributed by atoms with E-state index < -0.39 is 17.9 Å². The molecular formula is C26H21N3O3. The van der Waals surface area contributed by atoms with Gasteiger partial charge in [-0.25, -0.2) is 4.98 Å². The summed E-state index contributed by atoms with van der Waals surface area (Å²) in [7, 11) is 0. The predicted octanol–water partition coefficient (Wildman–Crippen LogP) is 3.29. The molecule has 0 aliphatic heterocycles. The molecule has 0 bridgehead atoms. The van der Waals surface area contributed by atoms with E-state index in [1.807, 2.05) is 42.5 Å². The van der Waals surface area contributed by atoms with E-state index in [1.54, 1.807) is 48.5 Å². The summed E-state index contributed by atoms with van der Waals surface area (Å²) in [5.41, 5.74) is 8.34. The Morgan fingerprint density at radius 3 is 2.16 bits per heavy atom. The van der Waals surface area contributed by atoms with Crippen LogP contribution in [0.5, 0.6) is 0 Å². The van der Waals surface area contributed by atoms with Crippen LogP contribution in [0.25, 0.3) is 10.9 Å². The van der Waals surface area contributed by atoms with Gasteiger partial charge in [-0.15, -0.1) is 0 Å². The summed E-state index contributed by atoms with van der Waals surface area (Å²) in [6, 6.07) is 25.9. The molecule has 0 unspecified atom stereocenters. The lowest BCUT2D eigenvalue weighted by atomic mass is 9.99. The summed E-state index contributed by atoms with van der Waals surface area (Å²) in [5.74, 6) is -1.21. The van der Waals surface area contributed by atoms with Gasteiger partial charge < -0.3 is 11.1 Å². The lowest BCUT2D eigenvalue weighted by molar-refractivity contribution is -0.119. The number of primary amides is 1. The third-order valence-corrected chi connectivity index (χ3v) is 5.17. The van der Waals surface area contributed by atoms with Crippen molar-refractivity contribution in [3.05, 3.63) is 113 Å². The predicted molar refractivity (Wildman–Crippen MR) is 122 cm³/mol. The van der Waals surface area contributed by atoms with E-state index >= 15 is 0 Å². The Labute approximate surface area is 185 Å². The third-order valence-electron chi connectivity index (χ3n) is 5.17. The highest BCUT2D eigenvalue weighted by molar-refractivity contribution is 6.09. The average molecular weight is 423 g/mol. The molecule has 0 radical (unpaired) electrons. The van der Waals surface area contributed by atoms with Gasteiger partial charge in [-0.3, -0.25) is 14.4 Å². The van der Waals surface area contributed by atoms with Crippen LogP contribution in [0.15, 0.2) is 91.0 Å². The van der Waals surface area contributed by atoms with E-state index in [0.29, 0.717) is 16.6 Å². The van der Waals surface area contributed by atoms with Gasteiger partial charge in [0.15, 0.2) is 5.78 Å². The zero-order chi connectivity index (χ0) is 22.5. The molecule has 0 saturated carbocycles. The van der Waals surface area contributed by atoms with Crippen molar-refractivity contribution in [2.45, 2.75) is 12.5 Å². The Morgan fingerprint density at radius 2 is 1.44 bits per heavy atom. The Hall–Kier alpha value is -4.32. The summed E-state index contributed by atoms with van der Waals surface area (Å²) in [5, 5.41) is 3.58. The number of fused-ring (bicyclic) bond motifs is 1. The second-order valence-corrected chi connectivity index (χ2v) is 7.41. The fourth-order valence-corrected chi connectivity index (χ4v) is 3.43. The number of nitrogens with two attached hydrogens (primary N) is 1. The first-order valence-corrected chi connectivity index (χ1v) is 10.2. The fourth-order valence-electron chi connectivity index (χ4n) is 3.43. The highest BCUT2D eigenvalue weighted by Crippen LogP contribution is 2.14. The summed E-state index contributed by atoms with van der Waals surface area (Å²) in [6.45, 7) is 0. The molecule has 0 saturated heterocycles. The minimum Gasteiger partial charge on any atom is -0.368 e. The van der Waals surface area contributed by atoms with Crippen LogP contribution in [0.3, 0.4) is 0 Å². The van der Waals surface area contributed by atoms with E-state index in [1.165, 1.54) is 0 Å². The molecule has 1 atom stereocenters. The number of carbonyl (C=O) groups is 3. The van der Waals surface area contributed by atoms with Gasteiger partial charge in [0.25, 0.3) is 5.91 Å². The number of rotatable bonds is 7. The van der Waals surface area contributed by atoms with Crippen LogP contribution in [0.1, 0.15) is 32.0 Å². The van der Waals surface area contributed by atoms with Crippen LogP contribution in [-0.4, -0.2) is 28.6 Å². The van der Waals surface area contributed by atoms with Crippen molar-refractivity contribution in [2.24, 2.45) is 5.73 Å². The van der Waals surface area contributed by atoms with Crippen LogP contribution in [-0.2, 0) is 11.2 Å². The van der Waals surface area contributed by atoms with E-state index in [9.17, 15) is 14.4 Å². The number of carbonyl (C=O) groups excluding carboxylic acids is 3. The molecule has 4 rings (SSSR count). The number of pyridine rings is 1. The molecule has 0 aliphatic rings. The highest BCUT2D eigenvalue weighted by atomic mass is 16.2. The van der Waals surface area contributed by atoms with E-state index in [2.05, 4.69) is 10.3 Å². The van der Waals surface area contributed by atoms with E-state index in [4.69, 9.17) is 5.73 Å². The first-order valence-electron chi connectivity index (χ1n) is 10.2. The Balaban J connectivity index is 1.46. The minimum absolute atomic E-state index is 0.0840. The molecule has 0 fully saturated rings. The maximum atomic E-state index is 12.7. The standard InChI is InChI=1S/C26H21N3O3/c27-25(31)23(29-26(32)22-15-14-18-6-4-5-9-21(18)28-22)16-17-10-12-20(13-11-17)24(30)19-7-2-1-3-8-19/h1-15,23H,16H2,(H2,27,31)(H,29,32)/t23-/m0/s1. The van der Waals surface area contributed by atoms with Gasteiger partial charge in [-0.2, -0.15) is 0 Å². The monoisotopic (exact) mass is 423 g/mol. The molecule has 1 heterocycles. The second kappa shape index (κ2) is 9.22. The van der Waals surface area contributed by atoms with Crippen LogP contribution in [0, 0.1) is 0 Å². The highest BCUT2D eigenvalue weighted by Gasteiger charge is 2.20. The van der Waals surface area contributed by atoms with Crippen molar-refractivity contribution < 1.29 is 14.4 Å². The van der Waals surface area contributed by atoms with Gasteiger partial charge in [0.1, 0.15) is 11.7 Å². The summed E-state index contributed by atoms with van der Waals surface area (Å²) in [6.07, 6.45) is 0.203. The largest absolute Gasteiger partial charge is 0.368 e. The molecule has 6 nitrogen and oxygen atoms in total. The number of hydrogen-bond acceptors (Lipinski definition) is 4. The molecule has 3 aromatic carbocycles. The first-order chi connectivity index (χ1) is 15.5. The van der Waals surface area contributed by atoms with Crippen LogP contribution in [0.4, 0.5) is 0 Å². The van der Waals surface area contributed by atoms with E-state index in [0.717, 1.165) is 10.9 Å². The van der Waals surface area contributed by atoms with Gasteiger partial charge in [0.2, 0.25) is 5.91 Å². The molecule has 2 amide bonds. The zero-order valence-corrected chi connectivity index (χ0v) is 17.2. The molecule has 1 aromatic heterocycles. The summed E-state index contributed by atoms with van der Waals surface area (Å²) < 4.78 is 0. The molecular weight excluding hydrogens is 402 g/mol. The number of nitrogens with zero attached hydrogens (tertiary/aromatic N) is 1. The zero-order valence-electron chi connectivity index (χ0n) is 17.2. The Bertz CT molecular complexity index is 1280. The fraction of sp³-hybridized carbons (Fsp3) is 0.0769. The maximum Gasteiger partial charge on any atom is 0.270 e. The summed E-state index contributed by atoms with van der Waals surface area (Å²) >= 11 is 0. The van der Waals surface area contributed by atoms with Gasteiger partial charge in [-0.05, 0) is 17.7 Å². The van der Waals surface area contributed by atoms with Crippen LogP contribution in [0.2, 0.25) is 0 Å². The van der Waals surface area contributed by atoms with Crippen LogP contribution >= 0.6 is 0 Å². The second-order valence-electron chi connectivity index (χ2n) is 7.41. The number of aromatic nitrogens is 1. The lowest BCUT2D eigenvalue weighted by Gasteiger charge is -2.16. The van der Waals surface area contributed by atoms with Crippen LogP contribution < -0.4 is 11.1 Å². The van der Waals surface area contributed by atoms with Crippen molar-refractivity contribution in [3.8, 4) is 0 Å². The average Bonchev–Trinajstić information content (AvgIpc) is 2.83. The maximum absolute atomic E-state index is 12.7. The minimum atomic E-state index is -0.911. The van der Waals surface area contributed by atoms with Gasteiger partial charge in [-0.1, -0.05) is 78.9 Å². The topological polar surface area (TPSA) is 102 Å². The number of amides is 2. The molecule has 0 aliphatic carbocycles. The third kappa shape index (κ3) is 4.70. The van der Waals surface area contributed by atoms with Crippen molar-refractivity contribution in [3.63, 3.8) is 0 Å². The van der Waals surface area contributed by atoms with Crippen molar-refractivity contribution >= 4 is 28.5 Å². The smallest absolute Gasteiger partial charge is 0.270 e. The molecule has 4 aromatic rings. The Morgan fingerprint density at radius 1 is 0.781 bits per heavy atom. The van der Waals surface area contributed by atoms with Gasteiger partial charge >= 0.3 is 0 Å². The number of hydrogen-bond donors (Lipinski definition) is 2. The lowest BCUT2D eigenvalue weighted by Crippen LogP contribution is -2.46. The molecule has 32 heavy (non-hydrogen) atoms. The Kier molecular flexibility index (Phi) is 6.03.